The molecule has 0 radical (unpaired) electrons. The Morgan fingerprint density at radius 1 is 1.06 bits per heavy atom. The number of hydrogen-bond donors (Lipinski definition) is 5. The highest BCUT2D eigenvalue weighted by Crippen LogP contribution is 2.29. The topological polar surface area (TPSA) is 193 Å². The number of aromatic nitrogens is 4. The van der Waals surface area contributed by atoms with Gasteiger partial charge in [-0.05, 0) is 68.9 Å². The van der Waals surface area contributed by atoms with Gasteiger partial charge in [0.2, 0.25) is 11.8 Å². The Labute approximate surface area is 279 Å². The smallest absolute Gasteiger partial charge is 0.270 e. The number of nitrogens with one attached hydrogen (secondary N) is 4. The quantitative estimate of drug-likeness (QED) is 0.269. The highest BCUT2D eigenvalue weighted by Gasteiger charge is 2.30. The number of rotatable bonds is 5. The summed E-state index contributed by atoms with van der Waals surface area (Å²) in [5.74, 6) is -1.08. The number of hydrogen-bond acceptors (Lipinski definition) is 9. The highest BCUT2D eigenvalue weighted by atomic mass is 16.5. The molecule has 3 atom stereocenters. The molecule has 4 amide bonds. The van der Waals surface area contributed by atoms with Crippen molar-refractivity contribution in [3.63, 3.8) is 0 Å². The van der Waals surface area contributed by atoms with Gasteiger partial charge in [0, 0.05) is 37.9 Å². The molecule has 0 aliphatic carbocycles. The Morgan fingerprint density at radius 3 is 2.56 bits per heavy atom. The zero-order valence-corrected chi connectivity index (χ0v) is 27.9. The van der Waals surface area contributed by atoms with E-state index >= 15 is 0 Å². The van der Waals surface area contributed by atoms with Crippen molar-refractivity contribution in [2.24, 2.45) is 5.92 Å². The van der Waals surface area contributed by atoms with E-state index in [4.69, 9.17) is 9.47 Å². The van der Waals surface area contributed by atoms with Gasteiger partial charge in [-0.25, -0.2) is 0 Å². The number of amides is 4. The van der Waals surface area contributed by atoms with Crippen molar-refractivity contribution in [1.82, 2.24) is 40.8 Å². The van der Waals surface area contributed by atoms with Crippen LogP contribution in [0.3, 0.4) is 0 Å². The first-order chi connectivity index (χ1) is 23.0. The molecule has 0 saturated carbocycles. The summed E-state index contributed by atoms with van der Waals surface area (Å²) < 4.78 is 13.1. The Kier molecular flexibility index (Phi) is 12.9. The molecule has 4 bridgehead atoms. The minimum atomic E-state index is -1.24. The van der Waals surface area contributed by atoms with Crippen molar-refractivity contribution in [2.45, 2.75) is 77.8 Å². The third-order valence-electron chi connectivity index (χ3n) is 7.86. The second-order valence-corrected chi connectivity index (χ2v) is 12.2. The Morgan fingerprint density at radius 2 is 1.85 bits per heavy atom. The zero-order chi connectivity index (χ0) is 34.6. The Bertz CT molecular complexity index is 1520. The molecule has 5 N–H and O–H groups in total. The van der Waals surface area contributed by atoms with Crippen molar-refractivity contribution in [1.29, 1.82) is 0 Å². The number of carbonyl (C=O) groups is 4. The number of aliphatic hydroxyl groups is 1. The summed E-state index contributed by atoms with van der Waals surface area (Å²) in [6.45, 7) is 7.00. The lowest BCUT2D eigenvalue weighted by Crippen LogP contribution is -2.57. The van der Waals surface area contributed by atoms with Crippen LogP contribution >= 0.6 is 0 Å². The van der Waals surface area contributed by atoms with Crippen LogP contribution < -0.4 is 25.4 Å². The average molecular weight is 667 g/mol. The van der Waals surface area contributed by atoms with Gasteiger partial charge >= 0.3 is 0 Å². The first kappa shape index (κ1) is 35.9. The maximum absolute atomic E-state index is 13.4. The number of nitrogens with zero attached hydrogens (tertiary/aromatic N) is 4. The van der Waals surface area contributed by atoms with E-state index < -0.39 is 35.9 Å². The molecule has 3 heterocycles. The fourth-order valence-electron chi connectivity index (χ4n) is 5.32. The number of benzene rings is 1. The molecule has 1 aliphatic heterocycles. The third kappa shape index (κ3) is 10.0. The van der Waals surface area contributed by atoms with E-state index in [1.165, 1.54) is 20.1 Å². The molecular weight excluding hydrogens is 620 g/mol. The summed E-state index contributed by atoms with van der Waals surface area (Å²) in [6.07, 6.45) is 4.34. The number of aryl methyl sites for hydroxylation is 1. The van der Waals surface area contributed by atoms with Crippen molar-refractivity contribution in [2.75, 3.05) is 26.7 Å². The van der Waals surface area contributed by atoms with Crippen LogP contribution in [-0.2, 0) is 22.7 Å². The fourth-order valence-corrected chi connectivity index (χ4v) is 5.32. The first-order valence-corrected chi connectivity index (χ1v) is 16.2. The fraction of sp³-hybridized carbons (Fsp3) is 0.515. The van der Waals surface area contributed by atoms with Crippen molar-refractivity contribution >= 4 is 23.6 Å². The van der Waals surface area contributed by atoms with Gasteiger partial charge in [0.15, 0.2) is 11.5 Å². The summed E-state index contributed by atoms with van der Waals surface area (Å²) in [5, 5.41) is 27.0. The van der Waals surface area contributed by atoms with E-state index in [-0.39, 0.29) is 30.5 Å². The van der Waals surface area contributed by atoms with Crippen LogP contribution in [0.2, 0.25) is 0 Å². The largest absolute Gasteiger partial charge is 0.493 e. The lowest BCUT2D eigenvalue weighted by molar-refractivity contribution is -0.132. The van der Waals surface area contributed by atoms with Crippen molar-refractivity contribution in [3.05, 3.63) is 59.7 Å². The van der Waals surface area contributed by atoms with Crippen LogP contribution in [-0.4, -0.2) is 98.5 Å². The van der Waals surface area contributed by atoms with E-state index in [0.29, 0.717) is 68.2 Å². The molecule has 2 aromatic heterocycles. The van der Waals surface area contributed by atoms with Gasteiger partial charge in [0.05, 0.1) is 19.4 Å². The summed E-state index contributed by atoms with van der Waals surface area (Å²) >= 11 is 0. The molecule has 0 spiro atoms. The van der Waals surface area contributed by atoms with E-state index in [9.17, 15) is 24.3 Å². The number of methoxy groups -OCH3 is 1. The van der Waals surface area contributed by atoms with Crippen LogP contribution in [0, 0.1) is 5.92 Å². The molecule has 0 unspecified atom stereocenters. The van der Waals surface area contributed by atoms with E-state index in [0.717, 1.165) is 0 Å². The molecule has 3 aromatic rings. The number of aromatic amines is 1. The van der Waals surface area contributed by atoms with Crippen molar-refractivity contribution in [3.8, 4) is 11.5 Å². The highest BCUT2D eigenvalue weighted by molar-refractivity contribution is 5.99. The number of H-pyrrole nitrogens is 1. The minimum Gasteiger partial charge on any atom is -0.493 e. The summed E-state index contributed by atoms with van der Waals surface area (Å²) in [4.78, 5) is 57.8. The van der Waals surface area contributed by atoms with Crippen LogP contribution in [0.1, 0.15) is 73.0 Å². The maximum atomic E-state index is 13.4. The summed E-state index contributed by atoms with van der Waals surface area (Å²) in [6, 6.07) is 5.94. The monoisotopic (exact) mass is 666 g/mol. The van der Waals surface area contributed by atoms with Gasteiger partial charge in [0.1, 0.15) is 30.1 Å². The molecule has 48 heavy (non-hydrogen) atoms. The predicted octanol–water partition coefficient (Wildman–Crippen LogP) is 1.65. The minimum absolute atomic E-state index is 0.0262. The Hall–Kier alpha value is -4.92. The van der Waals surface area contributed by atoms with Crippen LogP contribution in [0.5, 0.6) is 11.5 Å². The van der Waals surface area contributed by atoms with Crippen molar-refractivity contribution < 1.29 is 33.8 Å². The van der Waals surface area contributed by atoms with Gasteiger partial charge in [-0.2, -0.15) is 0 Å². The predicted molar refractivity (Wildman–Crippen MR) is 175 cm³/mol. The van der Waals surface area contributed by atoms with Crippen LogP contribution in [0.4, 0.5) is 0 Å². The lowest BCUT2D eigenvalue weighted by Gasteiger charge is -2.26. The van der Waals surface area contributed by atoms with Gasteiger partial charge in [-0.3, -0.25) is 23.9 Å². The molecule has 1 aliphatic rings. The average Bonchev–Trinajstić information content (AvgIpc) is 3.76. The molecule has 0 fully saturated rings. The molecule has 4 rings (SSSR count). The van der Waals surface area contributed by atoms with Gasteiger partial charge in [-0.1, -0.05) is 19.1 Å². The molecule has 15 heteroatoms. The molecular formula is C33H46N8O7. The standard InChI is InChI=1S/C33H46N8O7/c1-21(2)17-26-31(44)37-29(22(3)42)32(45)35-12-5-6-14-40(33(46)25-9-7-13-34-25)15-8-16-41-19-24(38-39-41)20-48-28-18-23(30(43)36-26)10-11-27(28)47-4/h7,9-11,13,18-19,21-22,26,29,34,42H,5-6,8,12,14-17,20H2,1-4H3,(H,35,45)(H,36,43)(H,37,44)/t22-,26-,29+/m1/s1. The van der Waals surface area contributed by atoms with Gasteiger partial charge in [0.25, 0.3) is 11.8 Å². The number of ether oxygens (including phenoxy) is 2. The number of carbonyl (C=O) groups excluding carboxylic acids is 4. The molecule has 15 nitrogen and oxygen atoms in total. The maximum Gasteiger partial charge on any atom is 0.270 e. The third-order valence-corrected chi connectivity index (χ3v) is 7.86. The number of aliphatic hydroxyl groups excluding tert-OH is 1. The van der Waals surface area contributed by atoms with E-state index in [2.05, 4.69) is 31.2 Å². The van der Waals surface area contributed by atoms with Gasteiger partial charge in [-0.15, -0.1) is 5.10 Å². The molecule has 0 saturated heterocycles. The zero-order valence-electron chi connectivity index (χ0n) is 27.9. The van der Waals surface area contributed by atoms with E-state index in [1.54, 1.807) is 46.2 Å². The van der Waals surface area contributed by atoms with Crippen LogP contribution in [0.15, 0.2) is 42.7 Å². The second kappa shape index (κ2) is 17.3. The first-order valence-electron chi connectivity index (χ1n) is 16.2. The lowest BCUT2D eigenvalue weighted by atomic mass is 10.0. The molecule has 1 aromatic carbocycles. The number of fused-ring (bicyclic) bond motifs is 4. The van der Waals surface area contributed by atoms with Gasteiger partial charge < -0.3 is 40.4 Å². The van der Waals surface area contributed by atoms with E-state index in [1.807, 2.05) is 13.8 Å². The second-order valence-electron chi connectivity index (χ2n) is 12.2. The molecule has 260 valence electrons. The summed E-state index contributed by atoms with van der Waals surface area (Å²) in [7, 11) is 1.48. The SMILES string of the molecule is COc1ccc2cc1OCc1cn(nn1)CCCN(C(=O)c1ccc[nH]1)CCCCNC(=O)[C@H]([C@@H](C)O)NC(=O)[C@@H](CC(C)C)NC2=O. The van der Waals surface area contributed by atoms with Crippen LogP contribution in [0.25, 0.3) is 0 Å². The summed E-state index contributed by atoms with van der Waals surface area (Å²) in [5.41, 5.74) is 1.27. The Balaban J connectivity index is 1.57. The normalized spacial score (nSPS) is 19.7.